The van der Waals surface area contributed by atoms with E-state index in [1.54, 1.807) is 6.20 Å². The van der Waals surface area contributed by atoms with Gasteiger partial charge in [-0.3, -0.25) is 0 Å². The molecule has 0 unspecified atom stereocenters. The normalized spacial score (nSPS) is 15.5. The Bertz CT molecular complexity index is 311. The SMILES string of the molecule is CN(CCOCC1CC1)c1ncc(N)s1. The molecule has 4 nitrogen and oxygen atoms in total. The predicted octanol–water partition coefficient (Wildman–Crippen LogP) is 1.59. The monoisotopic (exact) mass is 227 g/mol. The minimum Gasteiger partial charge on any atom is -0.389 e. The second-order valence-corrected chi connectivity index (χ2v) is 5.03. The third-order valence-corrected chi connectivity index (χ3v) is 3.40. The van der Waals surface area contributed by atoms with E-state index >= 15 is 0 Å². The molecule has 0 radical (unpaired) electrons. The molecule has 0 atom stereocenters. The third-order valence-electron chi connectivity index (χ3n) is 2.46. The first kappa shape index (κ1) is 10.7. The molecule has 0 aliphatic heterocycles. The molecule has 1 aliphatic rings. The number of aromatic nitrogens is 1. The quantitative estimate of drug-likeness (QED) is 0.750. The van der Waals surface area contributed by atoms with Gasteiger partial charge in [0, 0.05) is 20.2 Å². The van der Waals surface area contributed by atoms with Crippen LogP contribution in [-0.2, 0) is 4.74 Å². The first-order chi connectivity index (χ1) is 7.25. The van der Waals surface area contributed by atoms with Crippen LogP contribution in [0.2, 0.25) is 0 Å². The maximum absolute atomic E-state index is 5.62. The number of hydrogen-bond acceptors (Lipinski definition) is 5. The number of anilines is 2. The second kappa shape index (κ2) is 4.81. The van der Waals surface area contributed by atoms with E-state index in [9.17, 15) is 0 Å². The molecule has 0 spiro atoms. The van der Waals surface area contributed by atoms with E-state index in [1.165, 1.54) is 24.2 Å². The van der Waals surface area contributed by atoms with E-state index < -0.39 is 0 Å². The third kappa shape index (κ3) is 3.35. The topological polar surface area (TPSA) is 51.4 Å². The summed E-state index contributed by atoms with van der Waals surface area (Å²) in [7, 11) is 2.01. The highest BCUT2D eigenvalue weighted by Crippen LogP contribution is 2.28. The van der Waals surface area contributed by atoms with Crippen LogP contribution in [-0.4, -0.2) is 31.8 Å². The highest BCUT2D eigenvalue weighted by atomic mass is 32.1. The van der Waals surface area contributed by atoms with Gasteiger partial charge in [0.2, 0.25) is 0 Å². The van der Waals surface area contributed by atoms with Crippen molar-refractivity contribution in [1.82, 2.24) is 4.98 Å². The summed E-state index contributed by atoms with van der Waals surface area (Å²) < 4.78 is 5.56. The molecular formula is C10H17N3OS. The summed E-state index contributed by atoms with van der Waals surface area (Å²) in [5, 5.41) is 1.72. The van der Waals surface area contributed by atoms with E-state index in [0.29, 0.717) is 0 Å². The van der Waals surface area contributed by atoms with Crippen LogP contribution in [0.3, 0.4) is 0 Å². The zero-order valence-corrected chi connectivity index (χ0v) is 9.80. The van der Waals surface area contributed by atoms with Crippen molar-refractivity contribution >= 4 is 21.5 Å². The van der Waals surface area contributed by atoms with Crippen LogP contribution in [0.5, 0.6) is 0 Å². The number of rotatable bonds is 6. The Hall–Kier alpha value is -0.810. The van der Waals surface area contributed by atoms with Crippen molar-refractivity contribution in [2.45, 2.75) is 12.8 Å². The number of ether oxygens (including phenoxy) is 1. The average molecular weight is 227 g/mol. The van der Waals surface area contributed by atoms with Crippen LogP contribution in [0.4, 0.5) is 10.1 Å². The van der Waals surface area contributed by atoms with Crippen molar-refractivity contribution < 1.29 is 4.74 Å². The van der Waals surface area contributed by atoms with E-state index in [4.69, 9.17) is 10.5 Å². The molecular weight excluding hydrogens is 210 g/mol. The first-order valence-electron chi connectivity index (χ1n) is 5.26. The Morgan fingerprint density at radius 3 is 3.07 bits per heavy atom. The lowest BCUT2D eigenvalue weighted by Gasteiger charge is -2.15. The fourth-order valence-electron chi connectivity index (χ4n) is 1.29. The van der Waals surface area contributed by atoms with Gasteiger partial charge in [0.05, 0.1) is 12.8 Å². The van der Waals surface area contributed by atoms with Crippen molar-refractivity contribution in [2.75, 3.05) is 37.4 Å². The van der Waals surface area contributed by atoms with Gasteiger partial charge in [0.15, 0.2) is 5.13 Å². The molecule has 2 N–H and O–H groups in total. The Labute approximate surface area is 94.1 Å². The number of likely N-dealkylation sites (N-methyl/N-ethyl adjacent to an activating group) is 1. The molecule has 0 saturated heterocycles. The Morgan fingerprint density at radius 1 is 1.67 bits per heavy atom. The lowest BCUT2D eigenvalue weighted by Crippen LogP contribution is -2.22. The van der Waals surface area contributed by atoms with Gasteiger partial charge in [-0.2, -0.15) is 0 Å². The van der Waals surface area contributed by atoms with E-state index in [1.807, 2.05) is 7.05 Å². The van der Waals surface area contributed by atoms with E-state index in [-0.39, 0.29) is 0 Å². The fourth-order valence-corrected chi connectivity index (χ4v) is 1.95. The van der Waals surface area contributed by atoms with Gasteiger partial charge >= 0.3 is 0 Å². The molecule has 1 aromatic rings. The smallest absolute Gasteiger partial charge is 0.187 e. The van der Waals surface area contributed by atoms with E-state index in [0.717, 1.165) is 35.8 Å². The van der Waals surface area contributed by atoms with Crippen molar-refractivity contribution in [3.05, 3.63) is 6.20 Å². The molecule has 5 heteroatoms. The molecule has 0 aromatic carbocycles. The minimum atomic E-state index is 0.760. The first-order valence-corrected chi connectivity index (χ1v) is 6.07. The predicted molar refractivity (Wildman–Crippen MR) is 63.3 cm³/mol. The fraction of sp³-hybridized carbons (Fsp3) is 0.700. The number of nitrogen functional groups attached to an aromatic ring is 1. The number of hydrogen-bond donors (Lipinski definition) is 1. The van der Waals surface area contributed by atoms with Gasteiger partial charge in [0.25, 0.3) is 0 Å². The highest BCUT2D eigenvalue weighted by Gasteiger charge is 2.21. The van der Waals surface area contributed by atoms with E-state index in [2.05, 4.69) is 9.88 Å². The van der Waals surface area contributed by atoms with Crippen molar-refractivity contribution in [1.29, 1.82) is 0 Å². The summed E-state index contributed by atoms with van der Waals surface area (Å²) in [6.45, 7) is 2.57. The number of nitrogens with two attached hydrogens (primary N) is 1. The van der Waals surface area contributed by atoms with Gasteiger partial charge in [-0.05, 0) is 18.8 Å². The van der Waals surface area contributed by atoms with Crippen LogP contribution in [0.25, 0.3) is 0 Å². The van der Waals surface area contributed by atoms with Gasteiger partial charge in [-0.25, -0.2) is 4.98 Å². The molecule has 1 aliphatic carbocycles. The van der Waals surface area contributed by atoms with Crippen LogP contribution < -0.4 is 10.6 Å². The Morgan fingerprint density at radius 2 is 2.47 bits per heavy atom. The Balaban J connectivity index is 1.64. The molecule has 0 bridgehead atoms. The summed E-state index contributed by atoms with van der Waals surface area (Å²) >= 11 is 1.51. The summed E-state index contributed by atoms with van der Waals surface area (Å²) in [6.07, 6.45) is 4.39. The van der Waals surface area contributed by atoms with Crippen molar-refractivity contribution in [3.63, 3.8) is 0 Å². The molecule has 1 saturated carbocycles. The second-order valence-electron chi connectivity index (χ2n) is 3.99. The highest BCUT2D eigenvalue weighted by molar-refractivity contribution is 7.19. The lowest BCUT2D eigenvalue weighted by atomic mass is 10.5. The largest absolute Gasteiger partial charge is 0.389 e. The summed E-state index contributed by atoms with van der Waals surface area (Å²) in [4.78, 5) is 6.28. The van der Waals surface area contributed by atoms with Crippen LogP contribution in [0, 0.1) is 5.92 Å². The number of nitrogens with zero attached hydrogens (tertiary/aromatic N) is 2. The zero-order chi connectivity index (χ0) is 10.7. The molecule has 84 valence electrons. The number of thiazole rings is 1. The maximum atomic E-state index is 5.62. The standard InChI is InChI=1S/C10H17N3OS/c1-13(10-12-6-9(11)15-10)4-5-14-7-8-2-3-8/h6,8H,2-5,7,11H2,1H3. The summed E-state index contributed by atoms with van der Waals surface area (Å²) in [6, 6.07) is 0. The van der Waals surface area contributed by atoms with Gasteiger partial charge in [0.1, 0.15) is 5.00 Å². The summed E-state index contributed by atoms with van der Waals surface area (Å²) in [5.74, 6) is 0.839. The van der Waals surface area contributed by atoms with Gasteiger partial charge < -0.3 is 15.4 Å². The van der Waals surface area contributed by atoms with Crippen LogP contribution >= 0.6 is 11.3 Å². The van der Waals surface area contributed by atoms with Crippen molar-refractivity contribution in [2.24, 2.45) is 5.92 Å². The summed E-state index contributed by atoms with van der Waals surface area (Å²) in [5.41, 5.74) is 5.62. The van der Waals surface area contributed by atoms with Crippen LogP contribution in [0.1, 0.15) is 12.8 Å². The minimum absolute atomic E-state index is 0.760. The molecule has 2 rings (SSSR count). The lowest BCUT2D eigenvalue weighted by molar-refractivity contribution is 0.131. The molecule has 15 heavy (non-hydrogen) atoms. The van der Waals surface area contributed by atoms with Crippen LogP contribution in [0.15, 0.2) is 6.20 Å². The van der Waals surface area contributed by atoms with Crippen molar-refractivity contribution in [3.8, 4) is 0 Å². The van der Waals surface area contributed by atoms with Gasteiger partial charge in [-0.1, -0.05) is 11.3 Å². The molecule has 1 fully saturated rings. The Kier molecular flexibility index (Phi) is 3.43. The molecule has 1 aromatic heterocycles. The molecule has 1 heterocycles. The maximum Gasteiger partial charge on any atom is 0.187 e. The molecule has 0 amide bonds. The average Bonchev–Trinajstić information content (AvgIpc) is 2.94. The van der Waals surface area contributed by atoms with Gasteiger partial charge in [-0.15, -0.1) is 0 Å². The zero-order valence-electron chi connectivity index (χ0n) is 8.98.